The van der Waals surface area contributed by atoms with Crippen LogP contribution in [0, 0.1) is 0 Å². The lowest BCUT2D eigenvalue weighted by Gasteiger charge is -2.16. The Labute approximate surface area is 160 Å². The summed E-state index contributed by atoms with van der Waals surface area (Å²) in [6.45, 7) is 2.34. The Kier molecular flexibility index (Phi) is 7.75. The highest BCUT2D eigenvalue weighted by molar-refractivity contribution is 7.84. The molecule has 0 aliphatic rings. The molecule has 7 heteroatoms. The van der Waals surface area contributed by atoms with Crippen molar-refractivity contribution in [2.24, 2.45) is 10.7 Å². The molecule has 3 N–H and O–H groups in total. The number of rotatable bonds is 7. The van der Waals surface area contributed by atoms with Gasteiger partial charge in [-0.3, -0.25) is 9.20 Å². The Hall–Kier alpha value is -1.56. The molecule has 0 radical (unpaired) electrons. The van der Waals surface area contributed by atoms with E-state index in [1.807, 2.05) is 43.3 Å². The topological polar surface area (TPSA) is 67.5 Å². The molecule has 2 rings (SSSR count). The monoisotopic (exact) mass is 397 g/mol. The number of aliphatic imine (C=N–C) groups is 1. The first-order chi connectivity index (χ1) is 12.0. The number of halogens is 2. The van der Waals surface area contributed by atoms with Crippen LogP contribution in [0.5, 0.6) is 0 Å². The molecule has 2 aromatic rings. The lowest BCUT2D eigenvalue weighted by atomic mass is 10.1. The Bertz CT molecular complexity index is 753. The molecule has 2 aromatic carbocycles. The van der Waals surface area contributed by atoms with Gasteiger partial charge in [0.2, 0.25) is 0 Å². The zero-order chi connectivity index (χ0) is 18.2. The molecule has 0 amide bonds. The SMILES string of the molecule is CC(NC(N)=NCCS(=O)Cc1ccccc1)c1ccc(Cl)cc1Cl. The van der Waals surface area contributed by atoms with Gasteiger partial charge in [-0.25, -0.2) is 0 Å². The third-order valence-electron chi connectivity index (χ3n) is 3.56. The molecular formula is C18H21Cl2N3OS. The second-order valence-electron chi connectivity index (χ2n) is 5.57. The lowest BCUT2D eigenvalue weighted by Crippen LogP contribution is -2.34. The van der Waals surface area contributed by atoms with Gasteiger partial charge in [0.15, 0.2) is 5.96 Å². The molecule has 0 fully saturated rings. The number of nitrogens with zero attached hydrogens (tertiary/aromatic N) is 1. The minimum Gasteiger partial charge on any atom is -0.370 e. The molecule has 25 heavy (non-hydrogen) atoms. The maximum absolute atomic E-state index is 12.1. The van der Waals surface area contributed by atoms with E-state index in [4.69, 9.17) is 28.9 Å². The number of nitrogens with two attached hydrogens (primary N) is 1. The van der Waals surface area contributed by atoms with E-state index in [0.29, 0.717) is 34.1 Å². The molecule has 2 unspecified atom stereocenters. The van der Waals surface area contributed by atoms with Gasteiger partial charge in [-0.15, -0.1) is 0 Å². The van der Waals surface area contributed by atoms with Crippen LogP contribution in [-0.4, -0.2) is 22.5 Å². The van der Waals surface area contributed by atoms with Crippen LogP contribution in [0.3, 0.4) is 0 Å². The molecular weight excluding hydrogens is 377 g/mol. The van der Waals surface area contributed by atoms with Crippen LogP contribution in [-0.2, 0) is 16.6 Å². The van der Waals surface area contributed by atoms with Gasteiger partial charge < -0.3 is 11.1 Å². The third kappa shape index (κ3) is 6.69. The summed E-state index contributed by atoms with van der Waals surface area (Å²) in [4.78, 5) is 4.24. The number of guanidine groups is 1. The molecule has 0 aliphatic heterocycles. The van der Waals surface area contributed by atoms with Gasteiger partial charge in [-0.2, -0.15) is 0 Å². The fourth-order valence-corrected chi connectivity index (χ4v) is 3.87. The first-order valence-corrected chi connectivity index (χ1v) is 10.1. The molecule has 134 valence electrons. The minimum atomic E-state index is -0.969. The third-order valence-corrected chi connectivity index (χ3v) is 5.42. The number of nitrogens with one attached hydrogen (secondary N) is 1. The average molecular weight is 398 g/mol. The summed E-state index contributed by atoms with van der Waals surface area (Å²) in [7, 11) is -0.969. The van der Waals surface area contributed by atoms with E-state index in [9.17, 15) is 4.21 Å². The molecule has 2 atom stereocenters. The highest BCUT2D eigenvalue weighted by Gasteiger charge is 2.10. The number of benzene rings is 2. The quantitative estimate of drug-likeness (QED) is 0.549. The Morgan fingerprint density at radius 1 is 1.24 bits per heavy atom. The fourth-order valence-electron chi connectivity index (χ4n) is 2.30. The van der Waals surface area contributed by atoms with Crippen molar-refractivity contribution in [3.63, 3.8) is 0 Å². The first kappa shape index (κ1) is 19.8. The van der Waals surface area contributed by atoms with Crippen molar-refractivity contribution in [3.05, 3.63) is 69.7 Å². The van der Waals surface area contributed by atoms with E-state index in [1.165, 1.54) is 0 Å². The fraction of sp³-hybridized carbons (Fsp3) is 0.278. The van der Waals surface area contributed by atoms with Crippen molar-refractivity contribution in [2.75, 3.05) is 12.3 Å². The largest absolute Gasteiger partial charge is 0.370 e. The molecule has 4 nitrogen and oxygen atoms in total. The molecule has 0 aliphatic carbocycles. The van der Waals surface area contributed by atoms with Crippen LogP contribution in [0.4, 0.5) is 0 Å². The van der Waals surface area contributed by atoms with Gasteiger partial charge in [0.1, 0.15) is 0 Å². The normalized spacial score (nSPS) is 14.1. The van der Waals surface area contributed by atoms with Crippen molar-refractivity contribution in [1.82, 2.24) is 5.32 Å². The van der Waals surface area contributed by atoms with Gasteiger partial charge in [-0.05, 0) is 30.2 Å². The van der Waals surface area contributed by atoms with E-state index in [-0.39, 0.29) is 6.04 Å². The standard InChI is InChI=1S/C18H21Cl2N3OS/c1-13(16-8-7-15(19)11-17(16)20)23-18(21)22-9-10-25(24)12-14-5-3-2-4-6-14/h2-8,11,13H,9-10,12H2,1H3,(H3,21,22,23). The van der Waals surface area contributed by atoms with Gasteiger partial charge in [0, 0.05) is 32.4 Å². The van der Waals surface area contributed by atoms with Gasteiger partial charge in [0.05, 0.1) is 12.6 Å². The number of hydrogen-bond acceptors (Lipinski definition) is 2. The highest BCUT2D eigenvalue weighted by Crippen LogP contribution is 2.25. The van der Waals surface area contributed by atoms with Crippen molar-refractivity contribution in [2.45, 2.75) is 18.7 Å². The van der Waals surface area contributed by atoms with E-state index in [0.717, 1.165) is 11.1 Å². The zero-order valence-corrected chi connectivity index (χ0v) is 16.2. The van der Waals surface area contributed by atoms with Crippen LogP contribution in [0.2, 0.25) is 10.0 Å². The average Bonchev–Trinajstić information content (AvgIpc) is 2.55. The zero-order valence-electron chi connectivity index (χ0n) is 13.9. The minimum absolute atomic E-state index is 0.108. The highest BCUT2D eigenvalue weighted by atomic mass is 35.5. The van der Waals surface area contributed by atoms with E-state index < -0.39 is 10.8 Å². The predicted octanol–water partition coefficient (Wildman–Crippen LogP) is 3.91. The van der Waals surface area contributed by atoms with Gasteiger partial charge in [0.25, 0.3) is 0 Å². The first-order valence-electron chi connectivity index (χ1n) is 7.86. The Morgan fingerprint density at radius 2 is 1.96 bits per heavy atom. The van der Waals surface area contributed by atoms with E-state index >= 15 is 0 Å². The lowest BCUT2D eigenvalue weighted by molar-refractivity contribution is 0.681. The Morgan fingerprint density at radius 3 is 2.64 bits per heavy atom. The van der Waals surface area contributed by atoms with E-state index in [1.54, 1.807) is 12.1 Å². The van der Waals surface area contributed by atoms with Crippen LogP contribution in [0.25, 0.3) is 0 Å². The molecule has 0 saturated heterocycles. The van der Waals surface area contributed by atoms with Crippen molar-refractivity contribution >= 4 is 40.0 Å². The summed E-state index contributed by atoms with van der Waals surface area (Å²) in [6, 6.07) is 15.0. The maximum Gasteiger partial charge on any atom is 0.189 e. The summed E-state index contributed by atoms with van der Waals surface area (Å²) in [5.41, 5.74) is 7.84. The molecule has 0 spiro atoms. The van der Waals surface area contributed by atoms with Gasteiger partial charge >= 0.3 is 0 Å². The number of hydrogen-bond donors (Lipinski definition) is 2. The summed E-state index contributed by atoms with van der Waals surface area (Å²) < 4.78 is 12.1. The molecule has 0 saturated carbocycles. The summed E-state index contributed by atoms with van der Waals surface area (Å²) in [6.07, 6.45) is 0. The van der Waals surface area contributed by atoms with Crippen LogP contribution >= 0.6 is 23.2 Å². The molecule has 0 bridgehead atoms. The summed E-state index contributed by atoms with van der Waals surface area (Å²) in [5.74, 6) is 1.30. The van der Waals surface area contributed by atoms with Crippen molar-refractivity contribution < 1.29 is 4.21 Å². The second-order valence-corrected chi connectivity index (χ2v) is 7.99. The summed E-state index contributed by atoms with van der Waals surface area (Å²) >= 11 is 12.1. The van der Waals surface area contributed by atoms with Crippen LogP contribution in [0.1, 0.15) is 24.1 Å². The van der Waals surface area contributed by atoms with Gasteiger partial charge in [-0.1, -0.05) is 59.6 Å². The Balaban J connectivity index is 1.81. The summed E-state index contributed by atoms with van der Waals surface area (Å²) in [5, 5.41) is 4.24. The molecule has 0 aromatic heterocycles. The second kappa shape index (κ2) is 9.80. The van der Waals surface area contributed by atoms with Crippen molar-refractivity contribution in [3.8, 4) is 0 Å². The van der Waals surface area contributed by atoms with Crippen molar-refractivity contribution in [1.29, 1.82) is 0 Å². The van der Waals surface area contributed by atoms with E-state index in [2.05, 4.69) is 10.3 Å². The van der Waals surface area contributed by atoms with Crippen LogP contribution in [0.15, 0.2) is 53.5 Å². The molecule has 0 heterocycles. The maximum atomic E-state index is 12.1. The predicted molar refractivity (Wildman–Crippen MR) is 108 cm³/mol. The smallest absolute Gasteiger partial charge is 0.189 e. The van der Waals surface area contributed by atoms with Crippen LogP contribution < -0.4 is 11.1 Å².